The Morgan fingerprint density at radius 2 is 1.67 bits per heavy atom. The maximum absolute atomic E-state index is 9.10. The van der Waals surface area contributed by atoms with E-state index >= 15 is 0 Å². The van der Waals surface area contributed by atoms with E-state index in [0.717, 1.165) is 54.6 Å². The molecule has 136 valence electrons. The molecule has 1 saturated heterocycles. The summed E-state index contributed by atoms with van der Waals surface area (Å²) in [5.74, 6) is 1.70. The van der Waals surface area contributed by atoms with E-state index in [1.165, 1.54) is 5.69 Å². The SMILES string of the molecule is Cc1ccn(-c2cc(N3CCN(c4ccc(C#N)c(C)c4)CC3)ncn2)n1. The first-order valence-corrected chi connectivity index (χ1v) is 8.99. The lowest BCUT2D eigenvalue weighted by molar-refractivity contribution is 0.645. The highest BCUT2D eigenvalue weighted by atomic mass is 15.3. The number of hydrogen-bond donors (Lipinski definition) is 0. The number of aryl methyl sites for hydroxylation is 2. The fourth-order valence-corrected chi connectivity index (χ4v) is 3.34. The second-order valence-corrected chi connectivity index (χ2v) is 6.72. The molecule has 0 radical (unpaired) electrons. The molecule has 1 fully saturated rings. The summed E-state index contributed by atoms with van der Waals surface area (Å²) in [6, 6.07) is 12.2. The van der Waals surface area contributed by atoms with Crippen molar-refractivity contribution in [2.75, 3.05) is 36.0 Å². The Hall–Kier alpha value is -3.40. The van der Waals surface area contributed by atoms with Gasteiger partial charge in [0.05, 0.1) is 17.3 Å². The Morgan fingerprint density at radius 1 is 0.926 bits per heavy atom. The molecule has 1 aromatic carbocycles. The highest BCUT2D eigenvalue weighted by Crippen LogP contribution is 2.22. The third kappa shape index (κ3) is 3.47. The normalized spacial score (nSPS) is 14.3. The summed E-state index contributed by atoms with van der Waals surface area (Å²) < 4.78 is 1.77. The molecule has 1 aliphatic rings. The van der Waals surface area contributed by atoms with E-state index in [1.807, 2.05) is 44.3 Å². The minimum Gasteiger partial charge on any atom is -0.368 e. The molecule has 3 aromatic rings. The number of aromatic nitrogens is 4. The van der Waals surface area contributed by atoms with Crippen LogP contribution in [0.15, 0.2) is 42.9 Å². The van der Waals surface area contributed by atoms with Gasteiger partial charge < -0.3 is 9.80 Å². The Morgan fingerprint density at radius 3 is 2.33 bits per heavy atom. The van der Waals surface area contributed by atoms with E-state index in [2.05, 4.69) is 37.0 Å². The number of nitrogens with zero attached hydrogens (tertiary/aromatic N) is 7. The zero-order valence-corrected chi connectivity index (χ0v) is 15.5. The molecule has 0 N–H and O–H groups in total. The Kier molecular flexibility index (Phi) is 4.47. The van der Waals surface area contributed by atoms with Crippen LogP contribution in [0.3, 0.4) is 0 Å². The lowest BCUT2D eigenvalue weighted by Gasteiger charge is -2.36. The van der Waals surface area contributed by atoms with Crippen molar-refractivity contribution < 1.29 is 0 Å². The molecule has 0 aliphatic carbocycles. The van der Waals surface area contributed by atoms with Crippen LogP contribution in [0, 0.1) is 25.2 Å². The highest BCUT2D eigenvalue weighted by Gasteiger charge is 2.19. The number of benzene rings is 1. The fourth-order valence-electron chi connectivity index (χ4n) is 3.34. The molecule has 2 aromatic heterocycles. The maximum atomic E-state index is 9.10. The molecule has 0 spiro atoms. The van der Waals surface area contributed by atoms with Gasteiger partial charge >= 0.3 is 0 Å². The van der Waals surface area contributed by atoms with Gasteiger partial charge in [-0.15, -0.1) is 0 Å². The van der Waals surface area contributed by atoms with Crippen LogP contribution in [0.2, 0.25) is 0 Å². The highest BCUT2D eigenvalue weighted by molar-refractivity contribution is 5.55. The minimum absolute atomic E-state index is 0.736. The lowest BCUT2D eigenvalue weighted by atomic mass is 10.1. The first-order valence-electron chi connectivity index (χ1n) is 8.99. The van der Waals surface area contributed by atoms with Gasteiger partial charge in [-0.05, 0) is 43.7 Å². The summed E-state index contributed by atoms with van der Waals surface area (Å²) in [5.41, 5.74) is 3.88. The van der Waals surface area contributed by atoms with Gasteiger partial charge in [-0.1, -0.05) is 0 Å². The van der Waals surface area contributed by atoms with E-state index < -0.39 is 0 Å². The van der Waals surface area contributed by atoms with Crippen molar-refractivity contribution in [3.63, 3.8) is 0 Å². The molecule has 0 amide bonds. The minimum atomic E-state index is 0.736. The molecule has 7 heteroatoms. The number of anilines is 2. The van der Waals surface area contributed by atoms with Crippen LogP contribution in [-0.4, -0.2) is 45.9 Å². The monoisotopic (exact) mass is 359 g/mol. The molecule has 0 unspecified atom stereocenters. The molecule has 1 aliphatic heterocycles. The van der Waals surface area contributed by atoms with Crippen molar-refractivity contribution in [2.45, 2.75) is 13.8 Å². The number of nitriles is 1. The van der Waals surface area contributed by atoms with Crippen molar-refractivity contribution in [1.29, 1.82) is 5.26 Å². The molecular weight excluding hydrogens is 338 g/mol. The summed E-state index contributed by atoms with van der Waals surface area (Å²) >= 11 is 0. The van der Waals surface area contributed by atoms with Crippen LogP contribution in [0.25, 0.3) is 5.82 Å². The topological polar surface area (TPSA) is 73.9 Å². The molecule has 27 heavy (non-hydrogen) atoms. The van der Waals surface area contributed by atoms with Crippen LogP contribution >= 0.6 is 0 Å². The molecule has 3 heterocycles. The van der Waals surface area contributed by atoms with Crippen molar-refractivity contribution in [2.24, 2.45) is 0 Å². The second-order valence-electron chi connectivity index (χ2n) is 6.72. The molecule has 4 rings (SSSR count). The van der Waals surface area contributed by atoms with Crippen LogP contribution in [-0.2, 0) is 0 Å². The van der Waals surface area contributed by atoms with Crippen molar-refractivity contribution in [3.8, 4) is 11.9 Å². The van der Waals surface area contributed by atoms with E-state index in [1.54, 1.807) is 11.0 Å². The number of hydrogen-bond acceptors (Lipinski definition) is 6. The first-order chi connectivity index (χ1) is 13.1. The van der Waals surface area contributed by atoms with Crippen LogP contribution in [0.4, 0.5) is 11.5 Å². The third-order valence-electron chi connectivity index (χ3n) is 4.89. The van der Waals surface area contributed by atoms with E-state index in [0.29, 0.717) is 0 Å². The zero-order chi connectivity index (χ0) is 18.8. The van der Waals surface area contributed by atoms with Crippen molar-refractivity contribution in [3.05, 3.63) is 59.7 Å². The van der Waals surface area contributed by atoms with Crippen LogP contribution < -0.4 is 9.80 Å². The predicted octanol–water partition coefficient (Wildman–Crippen LogP) is 2.48. The Balaban J connectivity index is 1.47. The second kappa shape index (κ2) is 7.08. The van der Waals surface area contributed by atoms with Gasteiger partial charge in [0.1, 0.15) is 12.1 Å². The summed E-state index contributed by atoms with van der Waals surface area (Å²) in [5, 5.41) is 13.5. The van der Waals surface area contributed by atoms with E-state index in [-0.39, 0.29) is 0 Å². The smallest absolute Gasteiger partial charge is 0.158 e. The largest absolute Gasteiger partial charge is 0.368 e. The first kappa shape index (κ1) is 17.0. The van der Waals surface area contributed by atoms with Gasteiger partial charge in [0.15, 0.2) is 5.82 Å². The standard InChI is InChI=1S/C20H21N7/c1-15-11-18(4-3-17(15)13-21)25-7-9-26(10-8-25)19-12-20(23-14-22-19)27-6-5-16(2)24-27/h3-6,11-12,14H,7-10H2,1-2H3. The van der Waals surface area contributed by atoms with Gasteiger partial charge in [0, 0.05) is 44.1 Å². The summed E-state index contributed by atoms with van der Waals surface area (Å²) in [6.07, 6.45) is 3.50. The van der Waals surface area contributed by atoms with Crippen molar-refractivity contribution >= 4 is 11.5 Å². The van der Waals surface area contributed by atoms with Crippen LogP contribution in [0.1, 0.15) is 16.8 Å². The summed E-state index contributed by atoms with van der Waals surface area (Å²) in [4.78, 5) is 13.4. The Labute approximate surface area is 158 Å². The van der Waals surface area contributed by atoms with E-state index in [4.69, 9.17) is 5.26 Å². The summed E-state index contributed by atoms with van der Waals surface area (Å²) in [7, 11) is 0. The predicted molar refractivity (Wildman–Crippen MR) is 104 cm³/mol. The van der Waals surface area contributed by atoms with Gasteiger partial charge in [0.2, 0.25) is 0 Å². The summed E-state index contributed by atoms with van der Waals surface area (Å²) in [6.45, 7) is 7.53. The zero-order valence-electron chi connectivity index (χ0n) is 15.5. The van der Waals surface area contributed by atoms with Crippen LogP contribution in [0.5, 0.6) is 0 Å². The van der Waals surface area contributed by atoms with Gasteiger partial charge in [-0.2, -0.15) is 10.4 Å². The average Bonchev–Trinajstić information content (AvgIpc) is 3.14. The number of piperazine rings is 1. The quantitative estimate of drug-likeness (QED) is 0.715. The average molecular weight is 359 g/mol. The fraction of sp³-hybridized carbons (Fsp3) is 0.300. The lowest BCUT2D eigenvalue weighted by Crippen LogP contribution is -2.46. The number of rotatable bonds is 3. The molecule has 7 nitrogen and oxygen atoms in total. The van der Waals surface area contributed by atoms with Gasteiger partial charge in [-0.3, -0.25) is 0 Å². The van der Waals surface area contributed by atoms with Crippen molar-refractivity contribution in [1.82, 2.24) is 19.7 Å². The maximum Gasteiger partial charge on any atom is 0.158 e. The third-order valence-corrected chi connectivity index (χ3v) is 4.89. The molecule has 0 saturated carbocycles. The molecule has 0 bridgehead atoms. The van der Waals surface area contributed by atoms with E-state index in [9.17, 15) is 0 Å². The Bertz CT molecular complexity index is 994. The molecular formula is C20H21N7. The van der Waals surface area contributed by atoms with Gasteiger partial charge in [0.25, 0.3) is 0 Å². The van der Waals surface area contributed by atoms with Gasteiger partial charge in [-0.25, -0.2) is 14.6 Å². The molecule has 0 atom stereocenters.